The lowest BCUT2D eigenvalue weighted by atomic mass is 9.85. The molecule has 1 aliphatic rings. The molecule has 32 heavy (non-hydrogen) atoms. The highest BCUT2D eigenvalue weighted by atomic mass is 16.7. The zero-order chi connectivity index (χ0) is 23.5. The van der Waals surface area contributed by atoms with Crippen molar-refractivity contribution in [3.8, 4) is 11.8 Å². The third kappa shape index (κ3) is 4.50. The van der Waals surface area contributed by atoms with Gasteiger partial charge in [-0.2, -0.15) is 5.26 Å². The number of aliphatic hydroxyl groups excluding tert-OH is 4. The van der Waals surface area contributed by atoms with Gasteiger partial charge >= 0.3 is 0 Å². The topological polar surface area (TPSA) is 143 Å². The average Bonchev–Trinajstić information content (AvgIpc) is 2.81. The summed E-state index contributed by atoms with van der Waals surface area (Å²) >= 11 is 0. The Balaban J connectivity index is 2.10. The van der Waals surface area contributed by atoms with Crippen LogP contribution in [-0.4, -0.2) is 63.2 Å². The van der Waals surface area contributed by atoms with Gasteiger partial charge in [0.05, 0.1) is 30.4 Å². The second-order valence-corrected chi connectivity index (χ2v) is 7.86. The van der Waals surface area contributed by atoms with E-state index in [1.807, 2.05) is 24.3 Å². The SMILES string of the molecule is CCOc1cc(C#N)c(Cc2ccc(CC)cc2)cc1[C@@]1(O)O[C@H](CO)[C@@H](O)[C@H](O)[C@H]1O. The number of benzene rings is 2. The van der Waals surface area contributed by atoms with Crippen molar-refractivity contribution in [1.29, 1.82) is 5.26 Å². The van der Waals surface area contributed by atoms with Crippen LogP contribution in [0, 0.1) is 11.3 Å². The maximum absolute atomic E-state index is 11.3. The van der Waals surface area contributed by atoms with E-state index < -0.39 is 36.8 Å². The van der Waals surface area contributed by atoms with Crippen LogP contribution < -0.4 is 4.74 Å². The van der Waals surface area contributed by atoms with E-state index in [0.29, 0.717) is 17.5 Å². The number of aliphatic hydroxyl groups is 5. The molecule has 0 aromatic heterocycles. The molecule has 0 amide bonds. The molecular formula is C24H29NO7. The van der Waals surface area contributed by atoms with Crippen LogP contribution in [0.2, 0.25) is 0 Å². The zero-order valence-corrected chi connectivity index (χ0v) is 18.1. The number of hydrogen-bond donors (Lipinski definition) is 5. The van der Waals surface area contributed by atoms with Crippen molar-refractivity contribution in [3.05, 3.63) is 64.2 Å². The maximum atomic E-state index is 11.3. The molecule has 0 bridgehead atoms. The van der Waals surface area contributed by atoms with E-state index in [-0.39, 0.29) is 17.9 Å². The van der Waals surface area contributed by atoms with Crippen LogP contribution in [0.1, 0.15) is 41.7 Å². The van der Waals surface area contributed by atoms with Crippen LogP contribution in [0.4, 0.5) is 0 Å². The third-order valence-electron chi connectivity index (χ3n) is 5.80. The first kappa shape index (κ1) is 24.1. The van der Waals surface area contributed by atoms with Crippen molar-refractivity contribution in [2.45, 2.75) is 56.9 Å². The van der Waals surface area contributed by atoms with Gasteiger partial charge in [-0.3, -0.25) is 0 Å². The fraction of sp³-hybridized carbons (Fsp3) is 0.458. The smallest absolute Gasteiger partial charge is 0.226 e. The number of nitrogens with zero attached hydrogens (tertiary/aromatic N) is 1. The quantitative estimate of drug-likeness (QED) is 0.421. The fourth-order valence-corrected chi connectivity index (χ4v) is 3.92. The van der Waals surface area contributed by atoms with Crippen LogP contribution in [0.5, 0.6) is 5.75 Å². The van der Waals surface area contributed by atoms with Gasteiger partial charge in [-0.15, -0.1) is 0 Å². The Hall–Kier alpha value is -2.51. The highest BCUT2D eigenvalue weighted by molar-refractivity contribution is 5.52. The van der Waals surface area contributed by atoms with Crippen molar-refractivity contribution in [2.75, 3.05) is 13.2 Å². The minimum atomic E-state index is -2.48. The van der Waals surface area contributed by atoms with Crippen LogP contribution >= 0.6 is 0 Å². The summed E-state index contributed by atoms with van der Waals surface area (Å²) in [6.45, 7) is 3.29. The summed E-state index contributed by atoms with van der Waals surface area (Å²) in [5, 5.41) is 61.5. The summed E-state index contributed by atoms with van der Waals surface area (Å²) in [6.07, 6.45) is -5.37. The second kappa shape index (κ2) is 9.96. The van der Waals surface area contributed by atoms with E-state index in [4.69, 9.17) is 9.47 Å². The minimum Gasteiger partial charge on any atom is -0.493 e. The highest BCUT2D eigenvalue weighted by Crippen LogP contribution is 2.42. The monoisotopic (exact) mass is 443 g/mol. The Bertz CT molecular complexity index is 970. The number of aryl methyl sites for hydroxylation is 1. The fourth-order valence-electron chi connectivity index (χ4n) is 3.92. The van der Waals surface area contributed by atoms with Gasteiger partial charge in [-0.25, -0.2) is 0 Å². The molecule has 8 nitrogen and oxygen atoms in total. The number of rotatable bonds is 7. The molecule has 0 aliphatic carbocycles. The summed E-state index contributed by atoms with van der Waals surface area (Å²) < 4.78 is 11.1. The predicted octanol–water partition coefficient (Wildman–Crippen LogP) is 0.729. The van der Waals surface area contributed by atoms with Crippen molar-refractivity contribution in [1.82, 2.24) is 0 Å². The van der Waals surface area contributed by atoms with E-state index in [1.54, 1.807) is 6.92 Å². The Morgan fingerprint density at radius 2 is 1.72 bits per heavy atom. The molecule has 3 rings (SSSR count). The van der Waals surface area contributed by atoms with Gasteiger partial charge in [0.25, 0.3) is 0 Å². The molecule has 1 aliphatic heterocycles. The van der Waals surface area contributed by atoms with Crippen LogP contribution in [0.25, 0.3) is 0 Å². The van der Waals surface area contributed by atoms with Gasteiger partial charge in [-0.1, -0.05) is 31.2 Å². The summed E-state index contributed by atoms with van der Waals surface area (Å²) in [4.78, 5) is 0. The number of ether oxygens (including phenoxy) is 2. The maximum Gasteiger partial charge on any atom is 0.226 e. The average molecular weight is 443 g/mol. The van der Waals surface area contributed by atoms with E-state index in [9.17, 15) is 30.8 Å². The van der Waals surface area contributed by atoms with Crippen molar-refractivity contribution in [3.63, 3.8) is 0 Å². The first-order chi connectivity index (χ1) is 15.3. The lowest BCUT2D eigenvalue weighted by Crippen LogP contribution is -2.63. The standard InChI is InChI=1S/C24H29NO7/c1-3-14-5-7-15(8-6-14)9-16-10-18(19(31-4-2)11-17(16)12-25)24(30)23(29)22(28)21(27)20(13-26)32-24/h5-8,10-11,20-23,26-30H,3-4,9,13H2,1-2H3/t20-,21-,22+,23-,24-/m1/s1. The van der Waals surface area contributed by atoms with Crippen LogP contribution in [-0.2, 0) is 23.4 Å². The van der Waals surface area contributed by atoms with Crippen LogP contribution in [0.15, 0.2) is 36.4 Å². The molecule has 8 heteroatoms. The van der Waals surface area contributed by atoms with E-state index in [2.05, 4.69) is 13.0 Å². The molecule has 1 heterocycles. The first-order valence-electron chi connectivity index (χ1n) is 10.6. The molecule has 5 N–H and O–H groups in total. The molecule has 0 spiro atoms. The Morgan fingerprint density at radius 1 is 1.06 bits per heavy atom. The molecule has 1 fully saturated rings. The normalized spacial score (nSPS) is 27.7. The molecule has 0 radical (unpaired) electrons. The number of nitriles is 1. The Labute approximate surface area is 186 Å². The van der Waals surface area contributed by atoms with Gasteiger partial charge in [-0.05, 0) is 48.6 Å². The zero-order valence-electron chi connectivity index (χ0n) is 18.1. The van der Waals surface area contributed by atoms with Crippen molar-refractivity contribution >= 4 is 0 Å². The van der Waals surface area contributed by atoms with Crippen molar-refractivity contribution < 1.29 is 35.0 Å². The molecule has 0 unspecified atom stereocenters. The summed E-state index contributed by atoms with van der Waals surface area (Å²) in [5.74, 6) is -2.39. The van der Waals surface area contributed by atoms with Gasteiger partial charge in [0.2, 0.25) is 5.79 Å². The molecule has 5 atom stereocenters. The second-order valence-electron chi connectivity index (χ2n) is 7.86. The van der Waals surface area contributed by atoms with Gasteiger partial charge in [0.1, 0.15) is 30.2 Å². The highest BCUT2D eigenvalue weighted by Gasteiger charge is 2.54. The molecule has 172 valence electrons. The van der Waals surface area contributed by atoms with Crippen LogP contribution in [0.3, 0.4) is 0 Å². The minimum absolute atomic E-state index is 0.00423. The Kier molecular flexibility index (Phi) is 7.51. The third-order valence-corrected chi connectivity index (χ3v) is 5.80. The van der Waals surface area contributed by atoms with E-state index in [0.717, 1.165) is 12.0 Å². The first-order valence-corrected chi connectivity index (χ1v) is 10.6. The Morgan fingerprint density at radius 3 is 2.28 bits per heavy atom. The lowest BCUT2D eigenvalue weighted by Gasteiger charge is -2.46. The van der Waals surface area contributed by atoms with Gasteiger partial charge in [0.15, 0.2) is 0 Å². The molecule has 0 saturated carbocycles. The molecular weight excluding hydrogens is 414 g/mol. The lowest BCUT2D eigenvalue weighted by molar-refractivity contribution is -0.358. The van der Waals surface area contributed by atoms with Crippen molar-refractivity contribution in [2.24, 2.45) is 0 Å². The summed E-state index contributed by atoms with van der Waals surface area (Å²) in [5.41, 5.74) is 2.99. The van der Waals surface area contributed by atoms with E-state index in [1.165, 1.54) is 17.7 Å². The van der Waals surface area contributed by atoms with Gasteiger partial charge in [0, 0.05) is 0 Å². The largest absolute Gasteiger partial charge is 0.493 e. The molecule has 2 aromatic carbocycles. The summed E-state index contributed by atoms with van der Waals surface area (Å²) in [7, 11) is 0. The predicted molar refractivity (Wildman–Crippen MR) is 115 cm³/mol. The molecule has 1 saturated heterocycles. The van der Waals surface area contributed by atoms with E-state index >= 15 is 0 Å². The molecule has 2 aromatic rings. The summed E-state index contributed by atoms with van der Waals surface area (Å²) in [6, 6.07) is 13.0. The number of hydrogen-bond acceptors (Lipinski definition) is 8. The van der Waals surface area contributed by atoms with Gasteiger partial charge < -0.3 is 35.0 Å².